The van der Waals surface area contributed by atoms with Crippen molar-refractivity contribution < 1.29 is 9.53 Å². The minimum atomic E-state index is -0.351. The maximum Gasteiger partial charge on any atom is 0.333 e. The van der Waals surface area contributed by atoms with Crippen LogP contribution >= 0.6 is 0 Å². The summed E-state index contributed by atoms with van der Waals surface area (Å²) in [6.07, 6.45) is -0.265. The maximum atomic E-state index is 11.5. The van der Waals surface area contributed by atoms with Gasteiger partial charge in [-0.25, -0.2) is 4.79 Å². The lowest BCUT2D eigenvalue weighted by molar-refractivity contribution is -0.143. The van der Waals surface area contributed by atoms with Crippen LogP contribution < -0.4 is 0 Å². The van der Waals surface area contributed by atoms with Crippen LogP contribution in [0.1, 0.15) is 25.5 Å². The highest BCUT2D eigenvalue weighted by molar-refractivity contribution is 5.87. The summed E-state index contributed by atoms with van der Waals surface area (Å²) in [6, 6.07) is 14.2. The van der Waals surface area contributed by atoms with Gasteiger partial charge in [0.1, 0.15) is 6.10 Å². The lowest BCUT2D eigenvalue weighted by Crippen LogP contribution is -2.09. The first-order valence-electron chi connectivity index (χ1n) is 5.93. The van der Waals surface area contributed by atoms with E-state index in [9.17, 15) is 4.79 Å². The minimum absolute atomic E-state index is 0.265. The first kappa shape index (κ1) is 12.4. The second-order valence-corrected chi connectivity index (χ2v) is 4.43. The number of carbonyl (C=O) groups is 1. The molecule has 1 atom stereocenters. The summed E-state index contributed by atoms with van der Waals surface area (Å²) in [7, 11) is 0. The zero-order chi connectivity index (χ0) is 13.1. The third kappa shape index (κ3) is 2.59. The van der Waals surface area contributed by atoms with E-state index >= 15 is 0 Å². The van der Waals surface area contributed by atoms with Crippen LogP contribution in [0.25, 0.3) is 10.8 Å². The summed E-state index contributed by atoms with van der Waals surface area (Å²) in [6.45, 7) is 7.09. The van der Waals surface area contributed by atoms with E-state index in [4.69, 9.17) is 4.74 Å². The number of hydrogen-bond acceptors (Lipinski definition) is 2. The Balaban J connectivity index is 2.25. The Kier molecular flexibility index (Phi) is 3.47. The largest absolute Gasteiger partial charge is 0.454 e. The van der Waals surface area contributed by atoms with Gasteiger partial charge in [-0.1, -0.05) is 43.0 Å². The molecule has 0 heterocycles. The molecule has 0 N–H and O–H groups in total. The van der Waals surface area contributed by atoms with Crippen molar-refractivity contribution >= 4 is 16.7 Å². The lowest BCUT2D eigenvalue weighted by atomic mass is 10.0. The molecule has 1 unspecified atom stereocenters. The molecule has 0 bridgehead atoms. The Morgan fingerprint density at radius 3 is 2.50 bits per heavy atom. The molecule has 2 heteroatoms. The van der Waals surface area contributed by atoms with E-state index in [1.54, 1.807) is 6.92 Å². The Morgan fingerprint density at radius 2 is 1.83 bits per heavy atom. The number of fused-ring (bicyclic) bond motifs is 1. The molecule has 0 aromatic heterocycles. The molecule has 0 spiro atoms. The molecular formula is C16H16O2. The summed E-state index contributed by atoms with van der Waals surface area (Å²) in [5.74, 6) is -0.351. The predicted molar refractivity (Wildman–Crippen MR) is 73.3 cm³/mol. The molecule has 0 amide bonds. The monoisotopic (exact) mass is 240 g/mol. The number of ether oxygens (including phenoxy) is 1. The van der Waals surface area contributed by atoms with E-state index in [1.165, 1.54) is 5.39 Å². The van der Waals surface area contributed by atoms with Crippen LogP contribution in [-0.2, 0) is 9.53 Å². The van der Waals surface area contributed by atoms with Crippen molar-refractivity contribution in [2.24, 2.45) is 0 Å². The van der Waals surface area contributed by atoms with Crippen LogP contribution in [-0.4, -0.2) is 5.97 Å². The van der Waals surface area contributed by atoms with Crippen LogP contribution in [0.15, 0.2) is 54.6 Å². The fourth-order valence-electron chi connectivity index (χ4n) is 1.79. The molecule has 0 radical (unpaired) electrons. The zero-order valence-electron chi connectivity index (χ0n) is 10.6. The normalized spacial score (nSPS) is 12.1. The Morgan fingerprint density at radius 1 is 1.17 bits per heavy atom. The van der Waals surface area contributed by atoms with Crippen molar-refractivity contribution in [2.75, 3.05) is 0 Å². The third-order valence-corrected chi connectivity index (χ3v) is 2.88. The van der Waals surface area contributed by atoms with E-state index in [-0.39, 0.29) is 12.1 Å². The molecule has 18 heavy (non-hydrogen) atoms. The van der Waals surface area contributed by atoms with Crippen molar-refractivity contribution in [1.82, 2.24) is 0 Å². The molecular weight excluding hydrogens is 224 g/mol. The fraction of sp³-hybridized carbons (Fsp3) is 0.188. The topological polar surface area (TPSA) is 26.3 Å². The van der Waals surface area contributed by atoms with Crippen LogP contribution in [0, 0.1) is 0 Å². The van der Waals surface area contributed by atoms with Crippen LogP contribution in [0.2, 0.25) is 0 Å². The Labute approximate surface area is 107 Å². The third-order valence-electron chi connectivity index (χ3n) is 2.88. The second kappa shape index (κ2) is 5.05. The van der Waals surface area contributed by atoms with Gasteiger partial charge in [0.15, 0.2) is 0 Å². The SMILES string of the molecule is C=C(C)C(=O)OC(C)c1ccc2ccccc2c1. The van der Waals surface area contributed by atoms with Gasteiger partial charge in [-0.15, -0.1) is 0 Å². The van der Waals surface area contributed by atoms with Crippen LogP contribution in [0.3, 0.4) is 0 Å². The van der Waals surface area contributed by atoms with Gasteiger partial charge in [0.05, 0.1) is 0 Å². The van der Waals surface area contributed by atoms with E-state index in [0.29, 0.717) is 5.57 Å². The molecule has 92 valence electrons. The molecule has 0 aliphatic carbocycles. The summed E-state index contributed by atoms with van der Waals surface area (Å²) in [5.41, 5.74) is 1.41. The van der Waals surface area contributed by atoms with Crippen molar-refractivity contribution in [3.63, 3.8) is 0 Å². The van der Waals surface area contributed by atoms with E-state index in [2.05, 4.69) is 12.6 Å². The molecule has 0 saturated carbocycles. The molecule has 2 aromatic rings. The van der Waals surface area contributed by atoms with Gasteiger partial charge in [0, 0.05) is 5.57 Å². The molecule has 0 fully saturated rings. The Bertz CT molecular complexity index is 599. The first-order valence-corrected chi connectivity index (χ1v) is 5.93. The smallest absolute Gasteiger partial charge is 0.333 e. The number of benzene rings is 2. The van der Waals surface area contributed by atoms with Gasteiger partial charge in [-0.2, -0.15) is 0 Å². The van der Waals surface area contributed by atoms with Gasteiger partial charge in [-0.05, 0) is 36.2 Å². The van der Waals surface area contributed by atoms with Gasteiger partial charge in [0.2, 0.25) is 0 Å². The highest BCUT2D eigenvalue weighted by Crippen LogP contribution is 2.23. The maximum absolute atomic E-state index is 11.5. The number of rotatable bonds is 3. The molecule has 0 saturated heterocycles. The van der Waals surface area contributed by atoms with Crippen LogP contribution in [0.4, 0.5) is 0 Å². The molecule has 2 aromatic carbocycles. The van der Waals surface area contributed by atoms with E-state index < -0.39 is 0 Å². The van der Waals surface area contributed by atoms with Crippen LogP contribution in [0.5, 0.6) is 0 Å². The van der Waals surface area contributed by atoms with Crippen molar-refractivity contribution in [2.45, 2.75) is 20.0 Å². The van der Waals surface area contributed by atoms with Gasteiger partial charge in [-0.3, -0.25) is 0 Å². The predicted octanol–water partition coefficient (Wildman–Crippen LogP) is 4.02. The standard InChI is InChI=1S/C16H16O2/c1-11(2)16(17)18-12(3)14-9-8-13-6-4-5-7-15(13)10-14/h4-10,12H,1H2,2-3H3. The molecule has 0 aliphatic heterocycles. The molecule has 2 nitrogen and oxygen atoms in total. The molecule has 0 aliphatic rings. The fourth-order valence-corrected chi connectivity index (χ4v) is 1.79. The highest BCUT2D eigenvalue weighted by Gasteiger charge is 2.12. The van der Waals surface area contributed by atoms with E-state index in [1.807, 2.05) is 43.3 Å². The number of hydrogen-bond donors (Lipinski definition) is 0. The summed E-state index contributed by atoms with van der Waals surface area (Å²) in [4.78, 5) is 11.5. The van der Waals surface area contributed by atoms with Crippen molar-refractivity contribution in [1.29, 1.82) is 0 Å². The number of carbonyl (C=O) groups excluding carboxylic acids is 1. The molecule has 2 rings (SSSR count). The number of esters is 1. The lowest BCUT2D eigenvalue weighted by Gasteiger charge is -2.14. The van der Waals surface area contributed by atoms with Crippen molar-refractivity contribution in [3.8, 4) is 0 Å². The summed E-state index contributed by atoms with van der Waals surface area (Å²) >= 11 is 0. The Hall–Kier alpha value is -2.09. The summed E-state index contributed by atoms with van der Waals surface area (Å²) in [5, 5.41) is 2.33. The average molecular weight is 240 g/mol. The highest BCUT2D eigenvalue weighted by atomic mass is 16.5. The first-order chi connectivity index (χ1) is 8.58. The average Bonchev–Trinajstić information content (AvgIpc) is 2.37. The zero-order valence-corrected chi connectivity index (χ0v) is 10.6. The van der Waals surface area contributed by atoms with Gasteiger partial charge >= 0.3 is 5.97 Å². The minimum Gasteiger partial charge on any atom is -0.454 e. The van der Waals surface area contributed by atoms with E-state index in [0.717, 1.165) is 10.9 Å². The van der Waals surface area contributed by atoms with Crippen molar-refractivity contribution in [3.05, 3.63) is 60.2 Å². The quantitative estimate of drug-likeness (QED) is 0.598. The van der Waals surface area contributed by atoms with Gasteiger partial charge < -0.3 is 4.74 Å². The summed E-state index contributed by atoms with van der Waals surface area (Å²) < 4.78 is 5.31. The van der Waals surface area contributed by atoms with Gasteiger partial charge in [0.25, 0.3) is 0 Å². The second-order valence-electron chi connectivity index (χ2n) is 4.43.